The second-order valence-corrected chi connectivity index (χ2v) is 4.58. The van der Waals surface area contributed by atoms with Crippen LogP contribution in [0.25, 0.3) is 0 Å². The van der Waals surface area contributed by atoms with Crippen LogP contribution in [0.2, 0.25) is 0 Å². The van der Waals surface area contributed by atoms with Gasteiger partial charge in [-0.15, -0.1) is 0 Å². The molecule has 0 aliphatic heterocycles. The third kappa shape index (κ3) is 4.13. The standard InChI is InChI=1S/C15H13F2NO2S/c16-12-2-1-3-13(17)14(12)20-9-8-19-11-6-4-10(5-7-11)15(18)21/h1-7H,8-9H2,(H2,18,21). The molecule has 21 heavy (non-hydrogen) atoms. The molecule has 0 spiro atoms. The first-order valence-corrected chi connectivity index (χ1v) is 6.58. The molecule has 0 saturated carbocycles. The molecule has 0 saturated heterocycles. The summed E-state index contributed by atoms with van der Waals surface area (Å²) < 4.78 is 37.0. The van der Waals surface area contributed by atoms with E-state index in [0.29, 0.717) is 10.7 Å². The summed E-state index contributed by atoms with van der Waals surface area (Å²) in [5.41, 5.74) is 6.22. The monoisotopic (exact) mass is 309 g/mol. The largest absolute Gasteiger partial charge is 0.490 e. The number of nitrogens with two attached hydrogens (primary N) is 1. The minimum absolute atomic E-state index is 0.0227. The topological polar surface area (TPSA) is 44.5 Å². The first-order valence-electron chi connectivity index (χ1n) is 6.17. The zero-order valence-corrected chi connectivity index (χ0v) is 11.8. The van der Waals surface area contributed by atoms with Crippen LogP contribution < -0.4 is 15.2 Å². The highest BCUT2D eigenvalue weighted by Crippen LogP contribution is 2.20. The second-order valence-electron chi connectivity index (χ2n) is 4.14. The van der Waals surface area contributed by atoms with Gasteiger partial charge in [-0.1, -0.05) is 18.3 Å². The Labute approximate surface area is 126 Å². The summed E-state index contributed by atoms with van der Waals surface area (Å²) in [6.45, 7) is 0.176. The van der Waals surface area contributed by atoms with Crippen molar-refractivity contribution >= 4 is 17.2 Å². The van der Waals surface area contributed by atoms with E-state index in [4.69, 9.17) is 27.4 Å². The van der Waals surface area contributed by atoms with Gasteiger partial charge < -0.3 is 15.2 Å². The van der Waals surface area contributed by atoms with E-state index >= 15 is 0 Å². The summed E-state index contributed by atoms with van der Waals surface area (Å²) in [4.78, 5) is 0.305. The Morgan fingerprint density at radius 1 is 0.952 bits per heavy atom. The number of ether oxygens (including phenoxy) is 2. The molecule has 0 atom stereocenters. The van der Waals surface area contributed by atoms with E-state index in [1.807, 2.05) is 0 Å². The lowest BCUT2D eigenvalue weighted by molar-refractivity contribution is 0.205. The molecule has 2 aromatic carbocycles. The maximum absolute atomic E-state index is 13.3. The molecule has 0 aliphatic rings. The first-order chi connectivity index (χ1) is 10.1. The SMILES string of the molecule is NC(=S)c1ccc(OCCOc2c(F)cccc2F)cc1. The number of hydrogen-bond donors (Lipinski definition) is 1. The quantitative estimate of drug-likeness (QED) is 0.658. The van der Waals surface area contributed by atoms with E-state index in [-0.39, 0.29) is 13.2 Å². The van der Waals surface area contributed by atoms with Crippen LogP contribution >= 0.6 is 12.2 Å². The van der Waals surface area contributed by atoms with E-state index in [0.717, 1.165) is 17.7 Å². The van der Waals surface area contributed by atoms with Gasteiger partial charge in [0, 0.05) is 5.56 Å². The van der Waals surface area contributed by atoms with Crippen molar-refractivity contribution in [2.45, 2.75) is 0 Å². The normalized spacial score (nSPS) is 10.2. The molecular formula is C15H13F2NO2S. The van der Waals surface area contributed by atoms with Crippen molar-refractivity contribution in [1.29, 1.82) is 0 Å². The van der Waals surface area contributed by atoms with Crippen LogP contribution in [0, 0.1) is 11.6 Å². The first kappa shape index (κ1) is 15.2. The zero-order valence-electron chi connectivity index (χ0n) is 11.0. The Balaban J connectivity index is 1.83. The predicted octanol–water partition coefficient (Wildman–Crippen LogP) is 3.06. The van der Waals surface area contributed by atoms with Crippen molar-refractivity contribution in [1.82, 2.24) is 0 Å². The summed E-state index contributed by atoms with van der Waals surface area (Å²) in [5, 5.41) is 0. The Morgan fingerprint density at radius 3 is 2.10 bits per heavy atom. The fourth-order valence-electron chi connectivity index (χ4n) is 1.64. The van der Waals surface area contributed by atoms with Gasteiger partial charge >= 0.3 is 0 Å². The van der Waals surface area contributed by atoms with Crippen molar-refractivity contribution in [3.8, 4) is 11.5 Å². The molecule has 2 rings (SSSR count). The molecule has 0 radical (unpaired) electrons. The molecule has 0 aliphatic carbocycles. The maximum atomic E-state index is 13.3. The molecule has 0 aromatic heterocycles. The van der Waals surface area contributed by atoms with Crippen LogP contribution in [0.3, 0.4) is 0 Å². The summed E-state index contributed by atoms with van der Waals surface area (Å²) in [5.74, 6) is -1.29. The van der Waals surface area contributed by atoms with E-state index in [2.05, 4.69) is 0 Å². The smallest absolute Gasteiger partial charge is 0.190 e. The minimum Gasteiger partial charge on any atom is -0.490 e. The molecule has 0 unspecified atom stereocenters. The summed E-state index contributed by atoms with van der Waals surface area (Å²) in [6, 6.07) is 10.4. The maximum Gasteiger partial charge on any atom is 0.190 e. The van der Waals surface area contributed by atoms with Gasteiger partial charge in [0.05, 0.1) is 0 Å². The van der Waals surface area contributed by atoms with E-state index in [1.54, 1.807) is 24.3 Å². The molecule has 2 N–H and O–H groups in total. The third-order valence-electron chi connectivity index (χ3n) is 2.66. The summed E-state index contributed by atoms with van der Waals surface area (Å²) >= 11 is 4.84. The lowest BCUT2D eigenvalue weighted by atomic mass is 10.2. The average molecular weight is 309 g/mol. The molecule has 3 nitrogen and oxygen atoms in total. The molecule has 110 valence electrons. The molecule has 6 heteroatoms. The number of thiocarbonyl (C=S) groups is 1. The minimum atomic E-state index is -0.740. The lowest BCUT2D eigenvalue weighted by Crippen LogP contribution is -2.11. The van der Waals surface area contributed by atoms with Gasteiger partial charge in [-0.05, 0) is 36.4 Å². The Kier molecular flexibility index (Phi) is 5.05. The van der Waals surface area contributed by atoms with E-state index in [1.165, 1.54) is 6.07 Å². The second kappa shape index (κ2) is 6.99. The highest BCUT2D eigenvalue weighted by Gasteiger charge is 2.09. The van der Waals surface area contributed by atoms with Gasteiger partial charge in [-0.3, -0.25) is 0 Å². The van der Waals surface area contributed by atoms with Crippen LogP contribution in [0.4, 0.5) is 8.78 Å². The van der Waals surface area contributed by atoms with Crippen molar-refractivity contribution in [2.75, 3.05) is 13.2 Å². The molecular weight excluding hydrogens is 296 g/mol. The molecule has 0 fully saturated rings. The zero-order chi connectivity index (χ0) is 15.2. The fourth-order valence-corrected chi connectivity index (χ4v) is 1.78. The fraction of sp³-hybridized carbons (Fsp3) is 0.133. The number of halogens is 2. The van der Waals surface area contributed by atoms with Crippen LogP contribution in [-0.2, 0) is 0 Å². The van der Waals surface area contributed by atoms with Crippen molar-refractivity contribution in [2.24, 2.45) is 5.73 Å². The molecule has 0 amide bonds. The summed E-state index contributed by atoms with van der Waals surface area (Å²) in [7, 11) is 0. The van der Waals surface area contributed by atoms with E-state index < -0.39 is 17.4 Å². The molecule has 2 aromatic rings. The Hall–Kier alpha value is -2.21. The highest BCUT2D eigenvalue weighted by molar-refractivity contribution is 7.80. The Morgan fingerprint density at radius 2 is 1.52 bits per heavy atom. The number of benzene rings is 2. The summed E-state index contributed by atoms with van der Waals surface area (Å²) in [6.07, 6.45) is 0. The Bertz CT molecular complexity index is 612. The van der Waals surface area contributed by atoms with Gasteiger partial charge in [0.15, 0.2) is 17.4 Å². The average Bonchev–Trinajstić information content (AvgIpc) is 2.46. The van der Waals surface area contributed by atoms with Crippen LogP contribution in [-0.4, -0.2) is 18.2 Å². The van der Waals surface area contributed by atoms with Crippen LogP contribution in [0.5, 0.6) is 11.5 Å². The van der Waals surface area contributed by atoms with E-state index in [9.17, 15) is 8.78 Å². The molecule has 0 heterocycles. The molecule has 0 bridgehead atoms. The lowest BCUT2D eigenvalue weighted by Gasteiger charge is -2.10. The highest BCUT2D eigenvalue weighted by atomic mass is 32.1. The number of rotatable bonds is 6. The van der Waals surface area contributed by atoms with Crippen molar-refractivity contribution in [3.05, 3.63) is 59.7 Å². The van der Waals surface area contributed by atoms with Crippen LogP contribution in [0.15, 0.2) is 42.5 Å². The van der Waals surface area contributed by atoms with Gasteiger partial charge in [0.25, 0.3) is 0 Å². The van der Waals surface area contributed by atoms with Crippen molar-refractivity contribution in [3.63, 3.8) is 0 Å². The van der Waals surface area contributed by atoms with Crippen molar-refractivity contribution < 1.29 is 18.3 Å². The third-order valence-corrected chi connectivity index (χ3v) is 2.89. The number of hydrogen-bond acceptors (Lipinski definition) is 3. The van der Waals surface area contributed by atoms with Gasteiger partial charge in [0.2, 0.25) is 0 Å². The van der Waals surface area contributed by atoms with Crippen LogP contribution in [0.1, 0.15) is 5.56 Å². The van der Waals surface area contributed by atoms with Gasteiger partial charge in [0.1, 0.15) is 24.0 Å². The predicted molar refractivity (Wildman–Crippen MR) is 79.7 cm³/mol. The van der Waals surface area contributed by atoms with Gasteiger partial charge in [-0.25, -0.2) is 8.78 Å². The van der Waals surface area contributed by atoms with Gasteiger partial charge in [-0.2, -0.15) is 0 Å². The number of para-hydroxylation sites is 1.